The van der Waals surface area contributed by atoms with E-state index in [0.29, 0.717) is 22.0 Å². The fourth-order valence-corrected chi connectivity index (χ4v) is 1.86. The lowest BCUT2D eigenvalue weighted by Gasteiger charge is -2.10. The van der Waals surface area contributed by atoms with Crippen LogP contribution < -0.4 is 21.3 Å². The van der Waals surface area contributed by atoms with Crippen LogP contribution in [-0.2, 0) is 0 Å². The molecule has 5 nitrogen and oxygen atoms in total. The van der Waals surface area contributed by atoms with Crippen molar-refractivity contribution in [2.45, 2.75) is 0 Å². The number of methoxy groups -OCH3 is 1. The third-order valence-electron chi connectivity index (χ3n) is 2.72. The van der Waals surface area contributed by atoms with Crippen LogP contribution in [0.2, 0.25) is 5.02 Å². The van der Waals surface area contributed by atoms with Gasteiger partial charge in [0.15, 0.2) is 0 Å². The number of nitrogens with two attached hydrogens (primary N) is 1. The summed E-state index contributed by atoms with van der Waals surface area (Å²) in [7, 11) is 1.53. The maximum Gasteiger partial charge on any atom is 0.255 e. The van der Waals surface area contributed by atoms with Crippen molar-refractivity contribution in [3.8, 4) is 5.75 Å². The van der Waals surface area contributed by atoms with Crippen LogP contribution in [0.15, 0.2) is 42.5 Å². The smallest absolute Gasteiger partial charge is 0.255 e. The molecule has 0 aromatic heterocycles. The zero-order valence-electron chi connectivity index (χ0n) is 10.8. The van der Waals surface area contributed by atoms with E-state index in [0.717, 1.165) is 5.69 Å². The second kappa shape index (κ2) is 6.27. The molecule has 1 amide bonds. The molecule has 0 fully saturated rings. The summed E-state index contributed by atoms with van der Waals surface area (Å²) in [5, 5.41) is 3.27. The fraction of sp³-hybridized carbons (Fsp3) is 0.0714. The fourth-order valence-electron chi connectivity index (χ4n) is 1.69. The standard InChI is InChI=1S/C14H14ClN3O2/c1-20-13-7-4-10(15)8-12(13)17-14(19)9-2-5-11(18-16)6-3-9/h2-8,18H,16H2,1H3,(H,17,19). The van der Waals surface area contributed by atoms with Gasteiger partial charge in [0, 0.05) is 16.3 Å². The van der Waals surface area contributed by atoms with Gasteiger partial charge in [-0.25, -0.2) is 0 Å². The normalized spacial score (nSPS) is 9.95. The Kier molecular flexibility index (Phi) is 4.45. The average Bonchev–Trinajstić information content (AvgIpc) is 2.47. The lowest BCUT2D eigenvalue weighted by molar-refractivity contribution is 0.102. The summed E-state index contributed by atoms with van der Waals surface area (Å²) in [6.45, 7) is 0. The Morgan fingerprint density at radius 2 is 1.90 bits per heavy atom. The molecule has 0 saturated heterocycles. The number of carbonyl (C=O) groups is 1. The van der Waals surface area contributed by atoms with Crippen LogP contribution in [0, 0.1) is 0 Å². The highest BCUT2D eigenvalue weighted by Gasteiger charge is 2.10. The number of hydrogen-bond acceptors (Lipinski definition) is 4. The summed E-state index contributed by atoms with van der Waals surface area (Å²) in [6, 6.07) is 11.8. The lowest BCUT2D eigenvalue weighted by Crippen LogP contribution is -2.13. The molecule has 104 valence electrons. The van der Waals surface area contributed by atoms with Crippen molar-refractivity contribution in [2.24, 2.45) is 5.84 Å². The molecule has 0 aliphatic heterocycles. The van der Waals surface area contributed by atoms with Crippen LogP contribution in [-0.4, -0.2) is 13.0 Å². The van der Waals surface area contributed by atoms with E-state index in [4.69, 9.17) is 22.2 Å². The first-order valence-corrected chi connectivity index (χ1v) is 6.23. The van der Waals surface area contributed by atoms with Crippen LogP contribution in [0.4, 0.5) is 11.4 Å². The highest BCUT2D eigenvalue weighted by molar-refractivity contribution is 6.31. The minimum Gasteiger partial charge on any atom is -0.495 e. The number of carbonyl (C=O) groups excluding carboxylic acids is 1. The molecule has 0 atom stereocenters. The number of anilines is 2. The molecular weight excluding hydrogens is 278 g/mol. The minimum atomic E-state index is -0.255. The van der Waals surface area contributed by atoms with E-state index in [1.807, 2.05) is 0 Å². The molecule has 20 heavy (non-hydrogen) atoms. The molecule has 0 aliphatic rings. The topological polar surface area (TPSA) is 76.4 Å². The monoisotopic (exact) mass is 291 g/mol. The number of halogens is 1. The summed E-state index contributed by atoms with van der Waals surface area (Å²) in [4.78, 5) is 12.1. The number of amides is 1. The highest BCUT2D eigenvalue weighted by Crippen LogP contribution is 2.28. The lowest BCUT2D eigenvalue weighted by atomic mass is 10.2. The third-order valence-corrected chi connectivity index (χ3v) is 2.96. The molecule has 6 heteroatoms. The molecular formula is C14H14ClN3O2. The van der Waals surface area contributed by atoms with Gasteiger partial charge in [-0.3, -0.25) is 10.6 Å². The Morgan fingerprint density at radius 3 is 2.50 bits per heavy atom. The predicted octanol–water partition coefficient (Wildman–Crippen LogP) is 2.89. The van der Waals surface area contributed by atoms with Crippen LogP contribution in [0.25, 0.3) is 0 Å². The molecule has 0 aliphatic carbocycles. The number of hydrazine groups is 1. The second-order valence-corrected chi connectivity index (χ2v) is 4.46. The molecule has 2 rings (SSSR count). The zero-order chi connectivity index (χ0) is 14.5. The molecule has 0 unspecified atom stereocenters. The van der Waals surface area contributed by atoms with E-state index in [-0.39, 0.29) is 5.91 Å². The van der Waals surface area contributed by atoms with Gasteiger partial charge in [0.2, 0.25) is 0 Å². The van der Waals surface area contributed by atoms with E-state index in [2.05, 4.69) is 10.7 Å². The summed E-state index contributed by atoms with van der Waals surface area (Å²) >= 11 is 5.91. The van der Waals surface area contributed by atoms with Gasteiger partial charge in [-0.15, -0.1) is 0 Å². The minimum absolute atomic E-state index is 0.255. The molecule has 2 aromatic carbocycles. The van der Waals surface area contributed by atoms with Crippen molar-refractivity contribution < 1.29 is 9.53 Å². The van der Waals surface area contributed by atoms with Gasteiger partial charge in [-0.05, 0) is 42.5 Å². The Balaban J connectivity index is 2.20. The molecule has 4 N–H and O–H groups in total. The van der Waals surface area contributed by atoms with Crippen LogP contribution >= 0.6 is 11.6 Å². The van der Waals surface area contributed by atoms with Crippen molar-refractivity contribution in [1.82, 2.24) is 0 Å². The highest BCUT2D eigenvalue weighted by atomic mass is 35.5. The molecule has 0 spiro atoms. The van der Waals surface area contributed by atoms with Crippen LogP contribution in [0.3, 0.4) is 0 Å². The van der Waals surface area contributed by atoms with E-state index in [1.54, 1.807) is 42.5 Å². The van der Waals surface area contributed by atoms with Crippen molar-refractivity contribution in [2.75, 3.05) is 17.9 Å². The molecule has 2 aromatic rings. The summed E-state index contributed by atoms with van der Waals surface area (Å²) < 4.78 is 5.17. The van der Waals surface area contributed by atoms with Crippen LogP contribution in [0.5, 0.6) is 5.75 Å². The van der Waals surface area contributed by atoms with E-state index < -0.39 is 0 Å². The summed E-state index contributed by atoms with van der Waals surface area (Å²) in [5.74, 6) is 5.56. The van der Waals surface area contributed by atoms with Gasteiger partial charge >= 0.3 is 0 Å². The number of benzene rings is 2. The van der Waals surface area contributed by atoms with Crippen molar-refractivity contribution in [3.63, 3.8) is 0 Å². The van der Waals surface area contributed by atoms with Gasteiger partial charge in [-0.1, -0.05) is 11.6 Å². The average molecular weight is 292 g/mol. The second-order valence-electron chi connectivity index (χ2n) is 4.02. The Morgan fingerprint density at radius 1 is 1.20 bits per heavy atom. The summed E-state index contributed by atoms with van der Waals surface area (Å²) in [6.07, 6.45) is 0. The van der Waals surface area contributed by atoms with Gasteiger partial charge in [0.05, 0.1) is 12.8 Å². The SMILES string of the molecule is COc1ccc(Cl)cc1NC(=O)c1ccc(NN)cc1. The van der Waals surface area contributed by atoms with Crippen molar-refractivity contribution in [3.05, 3.63) is 53.1 Å². The quantitative estimate of drug-likeness (QED) is 0.598. The maximum absolute atomic E-state index is 12.1. The molecule has 0 saturated carbocycles. The first-order chi connectivity index (χ1) is 9.63. The van der Waals surface area contributed by atoms with E-state index >= 15 is 0 Å². The Bertz CT molecular complexity index is 614. The number of nitrogens with one attached hydrogen (secondary N) is 2. The van der Waals surface area contributed by atoms with E-state index in [1.165, 1.54) is 7.11 Å². The number of nitrogen functional groups attached to an aromatic ring is 1. The number of hydrogen-bond donors (Lipinski definition) is 3. The molecule has 0 bridgehead atoms. The van der Waals surface area contributed by atoms with Gasteiger partial charge < -0.3 is 15.5 Å². The largest absolute Gasteiger partial charge is 0.495 e. The maximum atomic E-state index is 12.1. The zero-order valence-corrected chi connectivity index (χ0v) is 11.6. The van der Waals surface area contributed by atoms with Crippen molar-refractivity contribution in [1.29, 1.82) is 0 Å². The summed E-state index contributed by atoms with van der Waals surface area (Å²) in [5.41, 5.74) is 4.25. The van der Waals surface area contributed by atoms with Gasteiger partial charge in [0.1, 0.15) is 5.75 Å². The van der Waals surface area contributed by atoms with Gasteiger partial charge in [0.25, 0.3) is 5.91 Å². The number of rotatable bonds is 4. The first kappa shape index (κ1) is 14.2. The van der Waals surface area contributed by atoms with Crippen LogP contribution in [0.1, 0.15) is 10.4 Å². The Labute approximate surface area is 121 Å². The predicted molar refractivity (Wildman–Crippen MR) is 80.2 cm³/mol. The Hall–Kier alpha value is -2.24. The third kappa shape index (κ3) is 3.20. The number of ether oxygens (including phenoxy) is 1. The first-order valence-electron chi connectivity index (χ1n) is 5.85. The van der Waals surface area contributed by atoms with Crippen molar-refractivity contribution >= 4 is 28.9 Å². The van der Waals surface area contributed by atoms with E-state index in [9.17, 15) is 4.79 Å². The molecule has 0 radical (unpaired) electrons. The molecule has 0 heterocycles. The van der Waals surface area contributed by atoms with Gasteiger partial charge in [-0.2, -0.15) is 0 Å².